The average Bonchev–Trinajstić information content (AvgIpc) is 2.88. The molecule has 0 spiro atoms. The van der Waals surface area contributed by atoms with Crippen LogP contribution >= 0.6 is 0 Å². The van der Waals surface area contributed by atoms with E-state index in [9.17, 15) is 4.79 Å². The molecule has 8 heteroatoms. The number of nitrogens with one attached hydrogen (secondary N) is 2. The van der Waals surface area contributed by atoms with Crippen molar-refractivity contribution in [3.63, 3.8) is 0 Å². The fourth-order valence-electron chi connectivity index (χ4n) is 2.88. The molecule has 0 saturated carbocycles. The molecule has 2 unspecified atom stereocenters. The Balaban J connectivity index is 1.93. The Morgan fingerprint density at radius 1 is 1.40 bits per heavy atom. The van der Waals surface area contributed by atoms with E-state index < -0.39 is 0 Å². The predicted octanol–water partition coefficient (Wildman–Crippen LogP) is -0.363. The van der Waals surface area contributed by atoms with Gasteiger partial charge in [-0.15, -0.1) is 0 Å². The molecule has 0 aromatic carbocycles. The number of aromatic nitrogens is 3. The molecule has 2 atom stereocenters. The topological polar surface area (TPSA) is 92.3 Å². The fourth-order valence-corrected chi connectivity index (χ4v) is 2.88. The number of methoxy groups -OCH3 is 1. The lowest BCUT2D eigenvalue weighted by molar-refractivity contribution is -0.123. The summed E-state index contributed by atoms with van der Waals surface area (Å²) in [6.45, 7) is 1.48. The third-order valence-corrected chi connectivity index (χ3v) is 3.87. The zero-order valence-corrected chi connectivity index (χ0v) is 11.6. The minimum Gasteiger partial charge on any atom is -0.467 e. The SMILES string of the molecule is CNc1nc(OC)nc(N2CCCC3C(=O)NCC32)n1. The second-order valence-electron chi connectivity index (χ2n) is 4.95. The van der Waals surface area contributed by atoms with Crippen molar-refractivity contribution >= 4 is 17.8 Å². The number of amides is 1. The van der Waals surface area contributed by atoms with Crippen LogP contribution in [0.25, 0.3) is 0 Å². The fraction of sp³-hybridized carbons (Fsp3) is 0.667. The summed E-state index contributed by atoms with van der Waals surface area (Å²) >= 11 is 0. The third-order valence-electron chi connectivity index (χ3n) is 3.87. The van der Waals surface area contributed by atoms with Gasteiger partial charge in [0.2, 0.25) is 17.8 Å². The highest BCUT2D eigenvalue weighted by molar-refractivity contribution is 5.82. The number of hydrogen-bond donors (Lipinski definition) is 2. The van der Waals surface area contributed by atoms with E-state index in [1.54, 1.807) is 7.05 Å². The van der Waals surface area contributed by atoms with E-state index in [0.717, 1.165) is 19.4 Å². The van der Waals surface area contributed by atoms with Gasteiger partial charge in [0, 0.05) is 20.1 Å². The van der Waals surface area contributed by atoms with Crippen LogP contribution in [0, 0.1) is 5.92 Å². The van der Waals surface area contributed by atoms with Crippen LogP contribution in [0.5, 0.6) is 6.01 Å². The summed E-state index contributed by atoms with van der Waals surface area (Å²) in [4.78, 5) is 26.7. The van der Waals surface area contributed by atoms with Crippen molar-refractivity contribution in [2.45, 2.75) is 18.9 Å². The Morgan fingerprint density at radius 3 is 3.00 bits per heavy atom. The number of ether oxygens (including phenoxy) is 1. The lowest BCUT2D eigenvalue weighted by Gasteiger charge is -2.35. The van der Waals surface area contributed by atoms with Crippen LogP contribution in [0.4, 0.5) is 11.9 Å². The number of anilines is 2. The normalized spacial score (nSPS) is 25.1. The summed E-state index contributed by atoms with van der Waals surface area (Å²) < 4.78 is 5.11. The molecule has 3 heterocycles. The van der Waals surface area contributed by atoms with Crippen LogP contribution in [0.15, 0.2) is 0 Å². The van der Waals surface area contributed by atoms with Gasteiger partial charge in [0.25, 0.3) is 0 Å². The van der Waals surface area contributed by atoms with E-state index in [-0.39, 0.29) is 23.9 Å². The summed E-state index contributed by atoms with van der Waals surface area (Å²) in [6, 6.07) is 0.395. The van der Waals surface area contributed by atoms with Crippen molar-refractivity contribution in [2.24, 2.45) is 5.92 Å². The van der Waals surface area contributed by atoms with E-state index in [2.05, 4.69) is 30.5 Å². The predicted molar refractivity (Wildman–Crippen MR) is 72.8 cm³/mol. The molecular formula is C12H18N6O2. The highest BCUT2D eigenvalue weighted by atomic mass is 16.5. The van der Waals surface area contributed by atoms with Crippen molar-refractivity contribution in [1.29, 1.82) is 0 Å². The van der Waals surface area contributed by atoms with Gasteiger partial charge in [0.1, 0.15) is 0 Å². The molecule has 2 aliphatic rings. The van der Waals surface area contributed by atoms with Gasteiger partial charge >= 0.3 is 6.01 Å². The number of rotatable bonds is 3. The molecule has 2 N–H and O–H groups in total. The van der Waals surface area contributed by atoms with Crippen LogP contribution in [0.2, 0.25) is 0 Å². The Bertz CT molecular complexity index is 500. The molecule has 0 radical (unpaired) electrons. The van der Waals surface area contributed by atoms with Gasteiger partial charge in [0.15, 0.2) is 0 Å². The maximum Gasteiger partial charge on any atom is 0.322 e. The van der Waals surface area contributed by atoms with Crippen molar-refractivity contribution in [2.75, 3.05) is 37.5 Å². The molecule has 1 amide bonds. The summed E-state index contributed by atoms with van der Waals surface area (Å²) in [7, 11) is 3.27. The first-order valence-corrected chi connectivity index (χ1v) is 6.75. The van der Waals surface area contributed by atoms with Crippen LogP contribution in [0.3, 0.4) is 0 Å². The number of carbonyl (C=O) groups excluding carboxylic acids is 1. The molecule has 2 fully saturated rings. The van der Waals surface area contributed by atoms with Crippen molar-refractivity contribution < 1.29 is 9.53 Å². The first-order chi connectivity index (χ1) is 9.72. The van der Waals surface area contributed by atoms with Gasteiger partial charge in [0.05, 0.1) is 19.1 Å². The quantitative estimate of drug-likeness (QED) is 0.779. The van der Waals surface area contributed by atoms with Crippen LogP contribution in [0.1, 0.15) is 12.8 Å². The number of fused-ring (bicyclic) bond motifs is 1. The summed E-state index contributed by atoms with van der Waals surface area (Å²) in [5.74, 6) is 1.19. The Morgan fingerprint density at radius 2 is 2.25 bits per heavy atom. The standard InChI is InChI=1S/C12H18N6O2/c1-13-10-15-11(17-12(16-10)20-2)18-5-3-4-7-8(18)6-14-9(7)19/h7-8H,3-6H2,1-2H3,(H,14,19)(H,13,15,16,17). The second-order valence-corrected chi connectivity index (χ2v) is 4.95. The van der Waals surface area contributed by atoms with Crippen molar-refractivity contribution in [1.82, 2.24) is 20.3 Å². The molecule has 1 aromatic rings. The first kappa shape index (κ1) is 12.9. The smallest absolute Gasteiger partial charge is 0.322 e. The lowest BCUT2D eigenvalue weighted by Crippen LogP contribution is -2.46. The molecule has 3 rings (SSSR count). The molecule has 2 saturated heterocycles. The Labute approximate surface area is 116 Å². The van der Waals surface area contributed by atoms with Gasteiger partial charge in [-0.05, 0) is 12.8 Å². The minimum absolute atomic E-state index is 0.0320. The number of hydrogen-bond acceptors (Lipinski definition) is 7. The summed E-state index contributed by atoms with van der Waals surface area (Å²) in [5, 5.41) is 5.82. The molecule has 108 valence electrons. The van der Waals surface area contributed by atoms with E-state index >= 15 is 0 Å². The van der Waals surface area contributed by atoms with E-state index in [4.69, 9.17) is 4.74 Å². The van der Waals surface area contributed by atoms with Gasteiger partial charge in [-0.25, -0.2) is 0 Å². The largest absolute Gasteiger partial charge is 0.467 e. The van der Waals surface area contributed by atoms with Crippen LogP contribution < -0.4 is 20.3 Å². The molecule has 0 aliphatic carbocycles. The molecular weight excluding hydrogens is 260 g/mol. The van der Waals surface area contributed by atoms with Gasteiger partial charge in [-0.2, -0.15) is 15.0 Å². The maximum absolute atomic E-state index is 11.8. The van der Waals surface area contributed by atoms with E-state index in [1.165, 1.54) is 7.11 Å². The molecule has 8 nitrogen and oxygen atoms in total. The highest BCUT2D eigenvalue weighted by Crippen LogP contribution is 2.30. The highest BCUT2D eigenvalue weighted by Gasteiger charge is 2.41. The number of carbonyl (C=O) groups is 1. The van der Waals surface area contributed by atoms with Gasteiger partial charge < -0.3 is 20.3 Å². The molecule has 2 aliphatic heterocycles. The zero-order valence-electron chi connectivity index (χ0n) is 11.6. The van der Waals surface area contributed by atoms with Crippen molar-refractivity contribution in [3.05, 3.63) is 0 Å². The molecule has 20 heavy (non-hydrogen) atoms. The number of nitrogens with zero attached hydrogens (tertiary/aromatic N) is 4. The van der Waals surface area contributed by atoms with E-state index in [0.29, 0.717) is 18.4 Å². The second kappa shape index (κ2) is 5.10. The lowest BCUT2D eigenvalue weighted by atomic mass is 9.92. The minimum atomic E-state index is 0.0320. The zero-order chi connectivity index (χ0) is 14.1. The van der Waals surface area contributed by atoms with Gasteiger partial charge in [-0.1, -0.05) is 0 Å². The molecule has 1 aromatic heterocycles. The Kier molecular flexibility index (Phi) is 3.29. The Hall–Kier alpha value is -2.12. The molecule has 0 bridgehead atoms. The summed E-state index contributed by atoms with van der Waals surface area (Å²) in [6.07, 6.45) is 1.88. The van der Waals surface area contributed by atoms with Crippen molar-refractivity contribution in [3.8, 4) is 6.01 Å². The third kappa shape index (κ3) is 2.10. The van der Waals surface area contributed by atoms with Gasteiger partial charge in [-0.3, -0.25) is 4.79 Å². The number of piperidine rings is 1. The monoisotopic (exact) mass is 278 g/mol. The van der Waals surface area contributed by atoms with E-state index in [1.807, 2.05) is 0 Å². The average molecular weight is 278 g/mol. The van der Waals surface area contributed by atoms with Crippen LogP contribution in [-0.4, -0.2) is 54.1 Å². The van der Waals surface area contributed by atoms with Crippen LogP contribution in [-0.2, 0) is 4.79 Å². The maximum atomic E-state index is 11.8. The first-order valence-electron chi connectivity index (χ1n) is 6.75. The summed E-state index contributed by atoms with van der Waals surface area (Å²) in [5.41, 5.74) is 0.